The average Bonchev–Trinajstić information content (AvgIpc) is 0.763. The van der Waals surface area contributed by atoms with Crippen molar-refractivity contribution >= 4 is 75.4 Å². The van der Waals surface area contributed by atoms with Crippen molar-refractivity contribution in [1.82, 2.24) is 4.98 Å². The molecule has 1 aromatic heterocycles. The van der Waals surface area contributed by atoms with E-state index in [9.17, 15) is 0 Å². The molecule has 0 saturated carbocycles. The van der Waals surface area contributed by atoms with Gasteiger partial charge in [0.05, 0.1) is 0 Å². The molecule has 19 rings (SSSR count). The van der Waals surface area contributed by atoms with Crippen molar-refractivity contribution in [2.24, 2.45) is 0 Å². The summed E-state index contributed by atoms with van der Waals surface area (Å²) in [5, 5.41) is 19.0. The smallest absolute Gasteiger partial charge is 0.0372 e. The summed E-state index contributed by atoms with van der Waals surface area (Å²) < 4.78 is 0. The van der Waals surface area contributed by atoms with Crippen LogP contribution in [-0.2, 0) is 65.4 Å². The van der Waals surface area contributed by atoms with Crippen LogP contribution in [0.25, 0.3) is 97.7 Å². The zero-order chi connectivity index (χ0) is 110. The van der Waals surface area contributed by atoms with Gasteiger partial charge in [-0.15, -0.1) is 28.3 Å². The predicted octanol–water partition coefficient (Wildman–Crippen LogP) is 45.3. The first-order valence-electron chi connectivity index (χ1n) is 53.8. The Morgan fingerprint density at radius 1 is 0.158 bits per heavy atom. The maximum absolute atomic E-state index is 4.08. The Labute approximate surface area is 945 Å². The number of rotatable bonds is 2. The monoisotopic (exact) mass is 2100 g/mol. The van der Waals surface area contributed by atoms with Gasteiger partial charge in [-0.3, -0.25) is 4.98 Å². The van der Waals surface area contributed by atoms with Gasteiger partial charge in [-0.2, -0.15) is 91.0 Å². The van der Waals surface area contributed by atoms with Crippen LogP contribution < -0.4 is 0 Å². The molecule has 146 heavy (non-hydrogen) atoms. The van der Waals surface area contributed by atoms with E-state index in [0.717, 1.165) is 27.9 Å². The van der Waals surface area contributed by atoms with Gasteiger partial charge in [0.1, 0.15) is 0 Å². The Morgan fingerprint density at radius 2 is 0.390 bits per heavy atom. The van der Waals surface area contributed by atoms with Crippen molar-refractivity contribution in [3.05, 3.63) is 482 Å². The average molecular weight is 2100 g/mol. The van der Waals surface area contributed by atoms with Crippen LogP contribution in [0.1, 0.15) is 278 Å². The second-order valence-corrected chi connectivity index (χ2v) is 32.1. The molecule has 18 aromatic carbocycles. The van der Waals surface area contributed by atoms with Crippen LogP contribution >= 0.6 is 0 Å². The minimum Gasteiger partial charge on any atom is -0.261 e. The first kappa shape index (κ1) is 144. The summed E-state index contributed by atoms with van der Waals surface area (Å²) >= 11 is 0. The van der Waals surface area contributed by atoms with Crippen molar-refractivity contribution in [3.63, 3.8) is 0 Å². The Bertz CT molecular complexity index is 6050. The van der Waals surface area contributed by atoms with Gasteiger partial charge in [0.15, 0.2) is 0 Å². The van der Waals surface area contributed by atoms with Crippen LogP contribution in [0, 0.1) is 163 Å². The van der Waals surface area contributed by atoms with Gasteiger partial charge in [-0.1, -0.05) is 487 Å². The van der Waals surface area contributed by atoms with E-state index in [1.54, 1.807) is 0 Å². The molecule has 0 fully saturated rings. The molecule has 0 bridgehead atoms. The number of benzene rings is 18. The van der Waals surface area contributed by atoms with Gasteiger partial charge < -0.3 is 0 Å². The fourth-order valence-electron chi connectivity index (χ4n) is 14.2. The first-order chi connectivity index (χ1) is 69.7. The third kappa shape index (κ3) is 53.1. The molecule has 776 valence electrons. The Balaban J connectivity index is -0.000000495. The summed E-state index contributed by atoms with van der Waals surface area (Å²) in [5.41, 5.74) is 30.5. The standard InChI is InChI=1S/2C16H14.2C14H12.3C12H12.2C8H10.C7H9N.12C2H6.2Y/c1-11-3-5-13-10-16-8-12(2)4-6-14(16)9-15(13)7-11;1-11-13-7-3-5-9-15(13)12(2)16-10-6-4-8-14(11)16;1-11-3-7-13(8-4-11)14-9-5-12(2)6-10-14;1-11-6-8-13(9-7-11)14-5-3-4-12(2)10-14;1-9-3-5-12-8-10(2)4-6-11(12)7-9;1-9-5-3-8-12-10(2)6-4-7-11(9)12;1-9-7-8-10(2)12-6-4-3-5-11(9)12;1-7-3-5-8(2)6-4-7;1-7-4-3-5-8(2)6-7;1-6-3-4-7(2)8-5-6;12*1-2;;/h2*3-10H,1-2H3;3-7,9H,1-2H3;3-4,6-8,10H,1-2H3;3*3-8H,1-2H3;2*3-6H,1-2H3;3-5H,1-2H3;12*1-2H3;;/q;;2*-2;;;;;;;;;;;;;;;;;;;;. The van der Waals surface area contributed by atoms with E-state index >= 15 is 0 Å². The molecular formula is C143H189NY2-4. The normalized spacial score (nSPS) is 8.99. The molecule has 0 unspecified atom stereocenters. The number of hydrogen-bond donors (Lipinski definition) is 0. The van der Waals surface area contributed by atoms with Gasteiger partial charge in [-0.05, 0) is 243 Å². The number of aryl methyl sites for hydroxylation is 20. The van der Waals surface area contributed by atoms with E-state index in [2.05, 4.69) is 463 Å². The second kappa shape index (κ2) is 87.2. The van der Waals surface area contributed by atoms with Crippen LogP contribution in [0.2, 0.25) is 0 Å². The summed E-state index contributed by atoms with van der Waals surface area (Å²) in [6.45, 7) is 90.3. The van der Waals surface area contributed by atoms with Crippen LogP contribution in [-0.4, -0.2) is 4.98 Å². The fourth-order valence-corrected chi connectivity index (χ4v) is 14.2. The number of pyridine rings is 1. The van der Waals surface area contributed by atoms with Crippen molar-refractivity contribution in [2.45, 2.75) is 305 Å². The number of aromatic nitrogens is 1. The second-order valence-electron chi connectivity index (χ2n) is 32.1. The van der Waals surface area contributed by atoms with Gasteiger partial charge in [0.2, 0.25) is 0 Å². The zero-order valence-electron chi connectivity index (χ0n) is 99.5. The molecule has 0 saturated heterocycles. The van der Waals surface area contributed by atoms with E-state index < -0.39 is 0 Å². The largest absolute Gasteiger partial charge is 0.261 e. The SMILES string of the molecule is CC.CC.CC.CC.CC.CC.CC.CC.CC.CC.CC.CC.Cc1c2ccccc2c(C)c2ccccc12.Cc1c[c-]c(-c2[c-]cc(C)cc2)cc1.Cc1c[c-]c(-c2[c-]ccc(C)c2)cc1.Cc1ccc(C)c2ccccc12.Cc1ccc(C)cc1.Cc1ccc(C)nc1.Cc1ccc2cc(C)ccc2c1.Cc1ccc2cc3cc(C)ccc3cc2c1.Cc1cccc(C)c1.Cc1cccc2c(C)cccc12.[Y].[Y]. The van der Waals surface area contributed by atoms with Gasteiger partial charge in [0, 0.05) is 77.3 Å². The molecular weight excluding hydrogens is 1910 g/mol. The predicted molar refractivity (Wildman–Crippen MR) is 662 cm³/mol. The summed E-state index contributed by atoms with van der Waals surface area (Å²) in [4.78, 5) is 4.08. The Kier molecular flexibility index (Phi) is 85.7. The van der Waals surface area contributed by atoms with Crippen molar-refractivity contribution in [2.75, 3.05) is 0 Å². The van der Waals surface area contributed by atoms with Crippen molar-refractivity contribution in [3.8, 4) is 22.3 Å². The molecule has 19 aromatic rings. The summed E-state index contributed by atoms with van der Waals surface area (Å²) in [5.74, 6) is 0. The summed E-state index contributed by atoms with van der Waals surface area (Å²) in [6.07, 6.45) is 1.87. The zero-order valence-corrected chi connectivity index (χ0v) is 105. The van der Waals surface area contributed by atoms with E-state index in [1.165, 1.54) is 181 Å². The third-order valence-corrected chi connectivity index (χ3v) is 21.3. The van der Waals surface area contributed by atoms with Crippen LogP contribution in [0.15, 0.2) is 346 Å². The minimum atomic E-state index is 0. The van der Waals surface area contributed by atoms with Gasteiger partial charge >= 0.3 is 0 Å². The molecule has 0 aliphatic heterocycles. The molecule has 1 heterocycles. The molecule has 1 nitrogen and oxygen atoms in total. The minimum absolute atomic E-state index is 0. The maximum Gasteiger partial charge on any atom is 0.0372 e. The van der Waals surface area contributed by atoms with Crippen molar-refractivity contribution in [1.29, 1.82) is 0 Å². The molecule has 0 aliphatic carbocycles. The Hall–Kier alpha value is -10.9. The molecule has 0 atom stereocenters. The molecule has 0 amide bonds. The van der Waals surface area contributed by atoms with E-state index in [4.69, 9.17) is 0 Å². The molecule has 2 radical (unpaired) electrons. The van der Waals surface area contributed by atoms with Crippen LogP contribution in [0.5, 0.6) is 0 Å². The van der Waals surface area contributed by atoms with E-state index in [-0.39, 0.29) is 65.4 Å². The molecule has 3 heteroatoms. The molecule has 0 N–H and O–H groups in total. The number of hydrogen-bond acceptors (Lipinski definition) is 1. The van der Waals surface area contributed by atoms with Gasteiger partial charge in [0.25, 0.3) is 0 Å². The first-order valence-corrected chi connectivity index (χ1v) is 53.8. The third-order valence-electron chi connectivity index (χ3n) is 21.3. The summed E-state index contributed by atoms with van der Waals surface area (Å²) in [7, 11) is 0. The topological polar surface area (TPSA) is 12.9 Å². The van der Waals surface area contributed by atoms with Crippen LogP contribution in [0.4, 0.5) is 0 Å². The number of fused-ring (bicyclic) bond motifs is 7. The number of nitrogens with zero attached hydrogens (tertiary/aromatic N) is 1. The maximum atomic E-state index is 4.08. The van der Waals surface area contributed by atoms with Crippen LogP contribution in [0.3, 0.4) is 0 Å². The Morgan fingerprint density at radius 3 is 0.651 bits per heavy atom. The van der Waals surface area contributed by atoms with E-state index in [1.807, 2.05) is 217 Å². The summed E-state index contributed by atoms with van der Waals surface area (Å²) in [6, 6.07) is 133. The fraction of sp³-hybridized carbons (Fsp3) is 0.308. The quantitative estimate of drug-likeness (QED) is 0.124. The van der Waals surface area contributed by atoms with Gasteiger partial charge in [-0.25, -0.2) is 22.3 Å². The van der Waals surface area contributed by atoms with Crippen molar-refractivity contribution < 1.29 is 65.4 Å². The molecule has 0 spiro atoms. The van der Waals surface area contributed by atoms with E-state index in [0.29, 0.717) is 0 Å². The molecule has 0 aliphatic rings.